The van der Waals surface area contributed by atoms with E-state index < -0.39 is 0 Å². The van der Waals surface area contributed by atoms with E-state index in [1.807, 2.05) is 26.0 Å². The SMILES string of the molecule is CCOC(=O)c1[nH]nc2c1CCOc1c(C)ccc(C)c1-2. The van der Waals surface area contributed by atoms with Gasteiger partial charge in [-0.2, -0.15) is 5.10 Å². The van der Waals surface area contributed by atoms with E-state index in [9.17, 15) is 4.79 Å². The summed E-state index contributed by atoms with van der Waals surface area (Å²) in [5, 5.41) is 7.19. The van der Waals surface area contributed by atoms with Crippen molar-refractivity contribution in [3.8, 4) is 17.0 Å². The number of carbonyl (C=O) groups is 1. The van der Waals surface area contributed by atoms with Crippen LogP contribution >= 0.6 is 0 Å². The molecule has 3 rings (SSSR count). The second kappa shape index (κ2) is 5.24. The number of hydrogen-bond donors (Lipinski definition) is 1. The molecule has 0 fully saturated rings. The Morgan fingerprint density at radius 1 is 1.38 bits per heavy atom. The average molecular weight is 286 g/mol. The van der Waals surface area contributed by atoms with Gasteiger partial charge in [-0.3, -0.25) is 5.10 Å². The molecular weight excluding hydrogens is 268 g/mol. The zero-order valence-corrected chi connectivity index (χ0v) is 12.4. The number of rotatable bonds is 2. The highest BCUT2D eigenvalue weighted by Gasteiger charge is 2.27. The van der Waals surface area contributed by atoms with Crippen molar-refractivity contribution in [1.82, 2.24) is 10.2 Å². The molecule has 0 spiro atoms. The Hall–Kier alpha value is -2.30. The number of nitrogens with one attached hydrogen (secondary N) is 1. The maximum Gasteiger partial charge on any atom is 0.356 e. The molecule has 0 radical (unpaired) electrons. The Labute approximate surface area is 123 Å². The zero-order chi connectivity index (χ0) is 15.0. The van der Waals surface area contributed by atoms with Crippen molar-refractivity contribution >= 4 is 5.97 Å². The number of nitrogens with zero attached hydrogens (tertiary/aromatic N) is 1. The summed E-state index contributed by atoms with van der Waals surface area (Å²) in [5.41, 5.74) is 5.23. The van der Waals surface area contributed by atoms with Crippen LogP contribution in [-0.4, -0.2) is 29.4 Å². The molecule has 5 heteroatoms. The fourth-order valence-corrected chi connectivity index (χ4v) is 2.71. The number of benzene rings is 1. The number of ether oxygens (including phenoxy) is 2. The average Bonchev–Trinajstić information content (AvgIpc) is 2.77. The van der Waals surface area contributed by atoms with Crippen molar-refractivity contribution in [2.75, 3.05) is 13.2 Å². The van der Waals surface area contributed by atoms with Crippen LogP contribution in [0.5, 0.6) is 5.75 Å². The monoisotopic (exact) mass is 286 g/mol. The van der Waals surface area contributed by atoms with Gasteiger partial charge in [0.1, 0.15) is 17.1 Å². The third-order valence-electron chi connectivity index (χ3n) is 3.74. The number of fused-ring (bicyclic) bond motifs is 3. The largest absolute Gasteiger partial charge is 0.492 e. The molecule has 1 aliphatic rings. The fourth-order valence-electron chi connectivity index (χ4n) is 2.71. The van der Waals surface area contributed by atoms with E-state index in [0.717, 1.165) is 33.7 Å². The minimum atomic E-state index is -0.361. The normalized spacial score (nSPS) is 12.9. The summed E-state index contributed by atoms with van der Waals surface area (Å²) in [6, 6.07) is 4.09. The lowest BCUT2D eigenvalue weighted by Gasteiger charge is -2.12. The van der Waals surface area contributed by atoms with E-state index >= 15 is 0 Å². The van der Waals surface area contributed by atoms with Gasteiger partial charge in [-0.25, -0.2) is 4.79 Å². The molecule has 0 bridgehead atoms. The van der Waals surface area contributed by atoms with Crippen molar-refractivity contribution in [2.45, 2.75) is 27.2 Å². The predicted octanol–water partition coefficient (Wildman–Crippen LogP) is 2.81. The molecule has 0 atom stereocenters. The molecule has 0 saturated heterocycles. The van der Waals surface area contributed by atoms with Crippen LogP contribution < -0.4 is 4.74 Å². The smallest absolute Gasteiger partial charge is 0.356 e. The highest BCUT2D eigenvalue weighted by Crippen LogP contribution is 2.39. The van der Waals surface area contributed by atoms with Crippen LogP contribution in [0.15, 0.2) is 12.1 Å². The Morgan fingerprint density at radius 3 is 2.90 bits per heavy atom. The molecule has 2 aromatic rings. The summed E-state index contributed by atoms with van der Waals surface area (Å²) in [5.74, 6) is 0.496. The van der Waals surface area contributed by atoms with Crippen LogP contribution in [0.1, 0.15) is 34.1 Å². The Kier molecular flexibility index (Phi) is 3.41. The third kappa shape index (κ3) is 2.18. The molecular formula is C16H18N2O3. The molecule has 2 heterocycles. The number of aromatic nitrogens is 2. The summed E-state index contributed by atoms with van der Waals surface area (Å²) < 4.78 is 11.0. The van der Waals surface area contributed by atoms with Gasteiger partial charge >= 0.3 is 5.97 Å². The number of aryl methyl sites for hydroxylation is 2. The third-order valence-corrected chi connectivity index (χ3v) is 3.74. The van der Waals surface area contributed by atoms with Gasteiger partial charge in [-0.05, 0) is 31.9 Å². The Balaban J connectivity index is 2.18. The summed E-state index contributed by atoms with van der Waals surface area (Å²) in [4.78, 5) is 12.0. The maximum atomic E-state index is 12.0. The van der Waals surface area contributed by atoms with Crippen LogP contribution in [-0.2, 0) is 11.2 Å². The molecule has 5 nitrogen and oxygen atoms in total. The number of aromatic amines is 1. The topological polar surface area (TPSA) is 64.2 Å². The fraction of sp³-hybridized carbons (Fsp3) is 0.375. The Morgan fingerprint density at radius 2 is 2.14 bits per heavy atom. The number of H-pyrrole nitrogens is 1. The van der Waals surface area contributed by atoms with Crippen LogP contribution in [0.4, 0.5) is 0 Å². The first-order valence-electron chi connectivity index (χ1n) is 7.11. The maximum absolute atomic E-state index is 12.0. The summed E-state index contributed by atoms with van der Waals surface area (Å²) in [7, 11) is 0. The van der Waals surface area contributed by atoms with Crippen LogP contribution in [0.2, 0.25) is 0 Å². The van der Waals surface area contributed by atoms with Crippen molar-refractivity contribution in [3.63, 3.8) is 0 Å². The molecule has 0 saturated carbocycles. The zero-order valence-electron chi connectivity index (χ0n) is 12.4. The lowest BCUT2D eigenvalue weighted by Crippen LogP contribution is -2.09. The van der Waals surface area contributed by atoms with Crippen molar-refractivity contribution in [2.24, 2.45) is 0 Å². The number of esters is 1. The van der Waals surface area contributed by atoms with Crippen LogP contribution in [0.3, 0.4) is 0 Å². The first-order chi connectivity index (χ1) is 10.1. The van der Waals surface area contributed by atoms with Crippen LogP contribution in [0, 0.1) is 13.8 Å². The van der Waals surface area contributed by atoms with E-state index in [0.29, 0.717) is 25.3 Å². The highest BCUT2D eigenvalue weighted by molar-refractivity contribution is 5.92. The standard InChI is InChI=1S/C16H18N2O3/c1-4-20-16(19)14-11-7-8-21-15-10(3)6-5-9(2)12(15)13(11)17-18-14/h5-6H,4,7-8H2,1-3H3,(H,17,18). The number of carbonyl (C=O) groups excluding carboxylic acids is 1. The van der Waals surface area contributed by atoms with E-state index in [1.165, 1.54) is 0 Å². The quantitative estimate of drug-likeness (QED) is 0.862. The molecule has 0 amide bonds. The van der Waals surface area contributed by atoms with Crippen molar-refractivity contribution in [3.05, 3.63) is 34.5 Å². The van der Waals surface area contributed by atoms with E-state index in [1.54, 1.807) is 6.92 Å². The summed E-state index contributed by atoms with van der Waals surface area (Å²) in [6.45, 7) is 6.70. The second-order valence-electron chi connectivity index (χ2n) is 5.15. The first-order valence-corrected chi connectivity index (χ1v) is 7.11. The van der Waals surface area contributed by atoms with Gasteiger partial charge < -0.3 is 9.47 Å². The Bertz CT molecular complexity index is 704. The molecule has 1 aliphatic heterocycles. The van der Waals surface area contributed by atoms with Crippen LogP contribution in [0.25, 0.3) is 11.3 Å². The van der Waals surface area contributed by atoms with Gasteiger partial charge in [0.05, 0.1) is 13.2 Å². The van der Waals surface area contributed by atoms with Gasteiger partial charge in [0.2, 0.25) is 0 Å². The second-order valence-corrected chi connectivity index (χ2v) is 5.15. The van der Waals surface area contributed by atoms with Gasteiger partial charge in [-0.15, -0.1) is 0 Å². The lowest BCUT2D eigenvalue weighted by molar-refractivity contribution is 0.0518. The van der Waals surface area contributed by atoms with Gasteiger partial charge in [0.25, 0.3) is 0 Å². The number of hydrogen-bond acceptors (Lipinski definition) is 4. The van der Waals surface area contributed by atoms with E-state index in [4.69, 9.17) is 9.47 Å². The minimum absolute atomic E-state index is 0.345. The molecule has 0 aliphatic carbocycles. The summed E-state index contributed by atoms with van der Waals surface area (Å²) >= 11 is 0. The predicted molar refractivity (Wildman–Crippen MR) is 78.7 cm³/mol. The van der Waals surface area contributed by atoms with E-state index in [2.05, 4.69) is 10.2 Å². The molecule has 0 unspecified atom stereocenters. The van der Waals surface area contributed by atoms with Crippen molar-refractivity contribution < 1.29 is 14.3 Å². The molecule has 110 valence electrons. The summed E-state index contributed by atoms with van der Waals surface area (Å²) in [6.07, 6.45) is 0.632. The molecule has 1 N–H and O–H groups in total. The molecule has 1 aromatic heterocycles. The molecule has 1 aromatic carbocycles. The van der Waals surface area contributed by atoms with Gasteiger partial charge in [0, 0.05) is 17.5 Å². The minimum Gasteiger partial charge on any atom is -0.492 e. The van der Waals surface area contributed by atoms with Gasteiger partial charge in [-0.1, -0.05) is 12.1 Å². The first kappa shape index (κ1) is 13.7. The molecule has 21 heavy (non-hydrogen) atoms. The highest BCUT2D eigenvalue weighted by atomic mass is 16.5. The lowest BCUT2D eigenvalue weighted by atomic mass is 9.97. The van der Waals surface area contributed by atoms with Crippen molar-refractivity contribution in [1.29, 1.82) is 0 Å². The van der Waals surface area contributed by atoms with Gasteiger partial charge in [0.15, 0.2) is 0 Å². The van der Waals surface area contributed by atoms with E-state index in [-0.39, 0.29) is 5.97 Å².